The minimum absolute atomic E-state index is 0.0691. The molecule has 0 radical (unpaired) electrons. The Hall–Kier alpha value is 1.30. The van der Waals surface area contributed by atoms with Crippen LogP contribution >= 0.6 is 33.8 Å². The average molecular weight is 208 g/mol. The molecular formula is C3H9Cl3Si2. The maximum Gasteiger partial charge on any atom is 0.238 e. The van der Waals surface area contributed by atoms with Crippen molar-refractivity contribution < 1.29 is 0 Å². The van der Waals surface area contributed by atoms with Crippen molar-refractivity contribution in [3.05, 3.63) is 0 Å². The van der Waals surface area contributed by atoms with Gasteiger partial charge in [0.1, 0.15) is 0 Å². The van der Waals surface area contributed by atoms with Crippen LogP contribution in [0.5, 0.6) is 0 Å². The van der Waals surface area contributed by atoms with E-state index in [1.165, 1.54) is 0 Å². The molecule has 0 saturated carbocycles. The lowest BCUT2D eigenvalue weighted by atomic mass is 10.5. The lowest BCUT2D eigenvalue weighted by molar-refractivity contribution is 0.984. The molecule has 0 heterocycles. The molecule has 0 aliphatic rings. The standard InChI is InChI=1S/C3H9Cl3Si2/c1-3(4,7)2-8(5)6/h8H,2H2,1,7H3. The van der Waals surface area contributed by atoms with Gasteiger partial charge < -0.3 is 0 Å². The first-order chi connectivity index (χ1) is 3.42. The SMILES string of the molecule is CC([SiH3])(Cl)C[SiH](Cl)Cl. The number of hydrogen-bond acceptors (Lipinski definition) is 0. The highest BCUT2D eigenvalue weighted by molar-refractivity contribution is 7.34. The zero-order valence-electron chi connectivity index (χ0n) is 4.92. The Balaban J connectivity index is 3.39. The molecular weight excluding hydrogens is 199 g/mol. The first-order valence-electron chi connectivity index (χ1n) is 2.39. The molecule has 0 aromatic carbocycles. The quantitative estimate of drug-likeness (QED) is 0.360. The third-order valence-corrected chi connectivity index (χ3v) is 4.53. The molecule has 0 saturated heterocycles. The number of alkyl halides is 1. The van der Waals surface area contributed by atoms with Crippen molar-refractivity contribution >= 4 is 51.4 Å². The molecule has 0 amide bonds. The highest BCUT2D eigenvalue weighted by atomic mass is 35.7. The molecule has 0 N–H and O–H groups in total. The second kappa shape index (κ2) is 3.47. The largest absolute Gasteiger partial charge is 0.238 e. The van der Waals surface area contributed by atoms with E-state index in [2.05, 4.69) is 0 Å². The van der Waals surface area contributed by atoms with Crippen LogP contribution < -0.4 is 0 Å². The molecule has 0 aliphatic heterocycles. The van der Waals surface area contributed by atoms with E-state index in [9.17, 15) is 0 Å². The molecule has 0 aliphatic carbocycles. The number of hydrogen-bond donors (Lipinski definition) is 0. The lowest BCUT2D eigenvalue weighted by Gasteiger charge is -2.13. The summed E-state index contributed by atoms with van der Waals surface area (Å²) in [7, 11) is -0.491. The van der Waals surface area contributed by atoms with Crippen molar-refractivity contribution in [2.75, 3.05) is 0 Å². The summed E-state index contributed by atoms with van der Waals surface area (Å²) in [6.07, 6.45) is 0. The molecule has 0 spiro atoms. The Morgan fingerprint density at radius 3 is 2.00 bits per heavy atom. The summed E-state index contributed by atoms with van der Waals surface area (Å²) in [4.78, 5) is 0. The molecule has 5 heteroatoms. The van der Waals surface area contributed by atoms with Crippen molar-refractivity contribution in [2.24, 2.45) is 0 Å². The normalized spacial score (nSPS) is 19.1. The van der Waals surface area contributed by atoms with Crippen LogP contribution in [0.3, 0.4) is 0 Å². The van der Waals surface area contributed by atoms with Crippen LogP contribution in [0.2, 0.25) is 6.04 Å². The van der Waals surface area contributed by atoms with Gasteiger partial charge in [0.2, 0.25) is 7.42 Å². The van der Waals surface area contributed by atoms with Gasteiger partial charge in [-0.15, -0.1) is 11.6 Å². The van der Waals surface area contributed by atoms with E-state index in [4.69, 9.17) is 33.8 Å². The fourth-order valence-electron chi connectivity index (χ4n) is 0.367. The molecule has 8 heavy (non-hydrogen) atoms. The zero-order valence-corrected chi connectivity index (χ0v) is 10.3. The maximum atomic E-state index is 5.86. The predicted molar refractivity (Wildman–Crippen MR) is 47.9 cm³/mol. The van der Waals surface area contributed by atoms with E-state index >= 15 is 0 Å². The predicted octanol–water partition coefficient (Wildman–Crippen LogP) is 1.00. The fourth-order valence-corrected chi connectivity index (χ4v) is 7.13. The summed E-state index contributed by atoms with van der Waals surface area (Å²) in [5, 5.41) is 0. The minimum atomic E-state index is -1.45. The van der Waals surface area contributed by atoms with Gasteiger partial charge in [-0.05, 0) is 13.0 Å². The van der Waals surface area contributed by atoms with Crippen molar-refractivity contribution in [1.82, 2.24) is 0 Å². The van der Waals surface area contributed by atoms with Crippen molar-refractivity contribution in [2.45, 2.75) is 17.5 Å². The molecule has 0 rings (SSSR count). The molecule has 1 unspecified atom stereocenters. The van der Waals surface area contributed by atoms with Gasteiger partial charge >= 0.3 is 0 Å². The van der Waals surface area contributed by atoms with Crippen LogP contribution in [0.25, 0.3) is 0 Å². The zero-order chi connectivity index (χ0) is 6.78. The summed E-state index contributed by atoms with van der Waals surface area (Å²) >= 11 is 17.1. The molecule has 0 fully saturated rings. The minimum Gasteiger partial charge on any atom is -0.150 e. The van der Waals surface area contributed by atoms with Crippen LogP contribution in [0.1, 0.15) is 6.92 Å². The van der Waals surface area contributed by atoms with E-state index < -0.39 is 7.42 Å². The summed E-state index contributed by atoms with van der Waals surface area (Å²) in [5.74, 6) is 0. The van der Waals surface area contributed by atoms with E-state index in [0.717, 1.165) is 16.3 Å². The topological polar surface area (TPSA) is 0 Å². The smallest absolute Gasteiger partial charge is 0.150 e. The monoisotopic (exact) mass is 206 g/mol. The van der Waals surface area contributed by atoms with Gasteiger partial charge in [0.05, 0.1) is 0 Å². The summed E-state index contributed by atoms with van der Waals surface area (Å²) in [6, 6.07) is 0.823. The molecule has 0 aromatic heterocycles. The van der Waals surface area contributed by atoms with Crippen molar-refractivity contribution in [1.29, 1.82) is 0 Å². The van der Waals surface area contributed by atoms with Gasteiger partial charge in [0.15, 0.2) is 0 Å². The number of halogens is 3. The Morgan fingerprint density at radius 1 is 1.62 bits per heavy atom. The van der Waals surface area contributed by atoms with E-state index in [-0.39, 0.29) is 4.50 Å². The highest BCUT2D eigenvalue weighted by Crippen LogP contribution is 2.20. The molecule has 0 aromatic rings. The molecule has 1 atom stereocenters. The van der Waals surface area contributed by atoms with Crippen LogP contribution in [0.15, 0.2) is 0 Å². The van der Waals surface area contributed by atoms with Crippen LogP contribution in [0, 0.1) is 0 Å². The number of rotatable bonds is 2. The van der Waals surface area contributed by atoms with Crippen LogP contribution in [0.4, 0.5) is 0 Å². The van der Waals surface area contributed by atoms with Gasteiger partial charge in [-0.25, -0.2) is 0 Å². The summed E-state index contributed by atoms with van der Waals surface area (Å²) in [6.45, 7) is 1.98. The highest BCUT2D eigenvalue weighted by Gasteiger charge is 2.18. The van der Waals surface area contributed by atoms with Crippen molar-refractivity contribution in [3.8, 4) is 0 Å². The molecule has 50 valence electrons. The van der Waals surface area contributed by atoms with Gasteiger partial charge in [0, 0.05) is 14.7 Å². The summed E-state index contributed by atoms with van der Waals surface area (Å²) < 4.78 is -0.0691. The van der Waals surface area contributed by atoms with E-state index in [0.29, 0.717) is 0 Å². The fraction of sp³-hybridized carbons (Fsp3) is 1.00. The molecule has 0 bridgehead atoms. The Morgan fingerprint density at radius 2 is 2.00 bits per heavy atom. The lowest BCUT2D eigenvalue weighted by Crippen LogP contribution is -2.19. The van der Waals surface area contributed by atoms with Crippen molar-refractivity contribution in [3.63, 3.8) is 0 Å². The second-order valence-electron chi connectivity index (χ2n) is 2.31. The first-order valence-corrected chi connectivity index (χ1v) is 8.07. The van der Waals surface area contributed by atoms with Gasteiger partial charge in [0.25, 0.3) is 0 Å². The second-order valence-corrected chi connectivity index (χ2v) is 11.2. The third-order valence-electron chi connectivity index (χ3n) is 0.640. The maximum absolute atomic E-state index is 5.86. The van der Waals surface area contributed by atoms with E-state index in [1.54, 1.807) is 0 Å². The Labute approximate surface area is 68.9 Å². The first kappa shape index (κ1) is 9.30. The Bertz CT molecular complexity index is 67.4. The van der Waals surface area contributed by atoms with Gasteiger partial charge in [-0.3, -0.25) is 0 Å². The van der Waals surface area contributed by atoms with Crippen LogP contribution in [-0.4, -0.2) is 22.2 Å². The summed E-state index contributed by atoms with van der Waals surface area (Å²) in [5.41, 5.74) is 0. The van der Waals surface area contributed by atoms with E-state index in [1.807, 2.05) is 6.92 Å². The Kier molecular flexibility index (Phi) is 4.03. The van der Waals surface area contributed by atoms with Gasteiger partial charge in [-0.1, -0.05) is 0 Å². The van der Waals surface area contributed by atoms with Gasteiger partial charge in [-0.2, -0.15) is 22.2 Å². The molecule has 0 nitrogen and oxygen atoms in total. The average Bonchev–Trinajstić information content (AvgIpc) is 1.21. The van der Waals surface area contributed by atoms with Crippen LogP contribution in [-0.2, 0) is 0 Å². The third kappa shape index (κ3) is 7.30.